The molecule has 2 N–H and O–H groups in total. The summed E-state index contributed by atoms with van der Waals surface area (Å²) in [4.78, 5) is 25.0. The van der Waals surface area contributed by atoms with E-state index >= 15 is 0 Å². The Morgan fingerprint density at radius 2 is 1.96 bits per heavy atom. The largest absolute Gasteiger partial charge is 0.341 e. The smallest absolute Gasteiger partial charge is 0.271 e. The molecule has 2 heterocycles. The molecule has 1 amide bonds. The fourth-order valence-corrected chi connectivity index (χ4v) is 3.96. The lowest BCUT2D eigenvalue weighted by atomic mass is 10.1. The maximum atomic E-state index is 12.6. The van der Waals surface area contributed by atoms with Crippen molar-refractivity contribution < 1.29 is 4.79 Å². The van der Waals surface area contributed by atoms with Crippen molar-refractivity contribution in [2.75, 3.05) is 0 Å². The summed E-state index contributed by atoms with van der Waals surface area (Å²) < 4.78 is 0. The first-order chi connectivity index (χ1) is 13.0. The van der Waals surface area contributed by atoms with Gasteiger partial charge in [0.25, 0.3) is 5.91 Å². The number of nitrogens with one attached hydrogen (secondary N) is 2. The minimum Gasteiger partial charge on any atom is -0.341 e. The monoisotopic (exact) mass is 376 g/mol. The first-order valence-electron chi connectivity index (χ1n) is 8.80. The van der Waals surface area contributed by atoms with Crippen molar-refractivity contribution in [2.45, 2.75) is 26.8 Å². The van der Waals surface area contributed by atoms with Gasteiger partial charge in [0.05, 0.1) is 17.1 Å². The fraction of sp³-hybridized carbons (Fsp3) is 0.190. The fourth-order valence-electron chi connectivity index (χ4n) is 3.07. The number of aromatic amines is 1. The van der Waals surface area contributed by atoms with E-state index in [1.807, 2.05) is 31.2 Å². The third-order valence-electron chi connectivity index (χ3n) is 4.51. The molecule has 6 heteroatoms. The van der Waals surface area contributed by atoms with Gasteiger partial charge in [-0.05, 0) is 38.5 Å². The average Bonchev–Trinajstić information content (AvgIpc) is 3.29. The number of carbonyl (C=O) groups is 1. The Morgan fingerprint density at radius 3 is 2.74 bits per heavy atom. The van der Waals surface area contributed by atoms with Crippen molar-refractivity contribution in [1.29, 1.82) is 0 Å². The number of imidazole rings is 1. The highest BCUT2D eigenvalue weighted by Gasteiger charge is 2.18. The number of thiazole rings is 1. The van der Waals surface area contributed by atoms with Crippen LogP contribution in [-0.2, 0) is 0 Å². The highest BCUT2D eigenvalue weighted by molar-refractivity contribution is 7.13. The number of H-pyrrole nitrogens is 1. The zero-order valence-electron chi connectivity index (χ0n) is 15.4. The first-order valence-corrected chi connectivity index (χ1v) is 9.68. The molecule has 0 saturated heterocycles. The van der Waals surface area contributed by atoms with E-state index in [0.717, 1.165) is 33.0 Å². The molecular weight excluding hydrogens is 356 g/mol. The lowest BCUT2D eigenvalue weighted by Gasteiger charge is -2.10. The van der Waals surface area contributed by atoms with Crippen molar-refractivity contribution in [3.05, 3.63) is 70.5 Å². The first kappa shape index (κ1) is 17.4. The summed E-state index contributed by atoms with van der Waals surface area (Å²) >= 11 is 1.48. The molecule has 1 atom stereocenters. The molecule has 0 bridgehead atoms. The Morgan fingerprint density at radius 1 is 1.15 bits per heavy atom. The second-order valence-electron chi connectivity index (χ2n) is 6.69. The van der Waals surface area contributed by atoms with Gasteiger partial charge in [-0.15, -0.1) is 11.3 Å². The SMILES string of the molecule is Cc1ccc(-c2nc(C(=O)NC(C)c3nc4ccccc4[nH]3)cs2)c(C)c1. The zero-order chi connectivity index (χ0) is 19.0. The number of hydrogen-bond acceptors (Lipinski definition) is 4. The van der Waals surface area contributed by atoms with Crippen molar-refractivity contribution in [3.63, 3.8) is 0 Å². The number of amides is 1. The number of para-hydroxylation sites is 2. The summed E-state index contributed by atoms with van der Waals surface area (Å²) in [7, 11) is 0. The molecule has 27 heavy (non-hydrogen) atoms. The summed E-state index contributed by atoms with van der Waals surface area (Å²) in [5.74, 6) is 0.532. The van der Waals surface area contributed by atoms with Crippen LogP contribution in [0.4, 0.5) is 0 Å². The Kier molecular flexibility index (Phi) is 4.49. The van der Waals surface area contributed by atoms with E-state index in [4.69, 9.17) is 0 Å². The van der Waals surface area contributed by atoms with Crippen molar-refractivity contribution in [3.8, 4) is 10.6 Å². The van der Waals surface area contributed by atoms with Crippen LogP contribution in [0.3, 0.4) is 0 Å². The van der Waals surface area contributed by atoms with E-state index in [1.54, 1.807) is 5.38 Å². The molecule has 136 valence electrons. The van der Waals surface area contributed by atoms with Crippen LogP contribution in [0.1, 0.15) is 40.4 Å². The van der Waals surface area contributed by atoms with Gasteiger partial charge in [0, 0.05) is 10.9 Å². The van der Waals surface area contributed by atoms with E-state index in [1.165, 1.54) is 16.9 Å². The molecule has 0 radical (unpaired) electrons. The van der Waals surface area contributed by atoms with Crippen LogP contribution in [0.2, 0.25) is 0 Å². The molecule has 2 aromatic heterocycles. The summed E-state index contributed by atoms with van der Waals surface area (Å²) in [5.41, 5.74) is 5.71. The van der Waals surface area contributed by atoms with Gasteiger partial charge in [-0.3, -0.25) is 4.79 Å². The van der Waals surface area contributed by atoms with Gasteiger partial charge in [-0.1, -0.05) is 35.9 Å². The highest BCUT2D eigenvalue weighted by atomic mass is 32.1. The van der Waals surface area contributed by atoms with Gasteiger partial charge in [-0.25, -0.2) is 9.97 Å². The minimum absolute atomic E-state index is 0.199. The maximum absolute atomic E-state index is 12.6. The molecule has 1 unspecified atom stereocenters. The van der Waals surface area contributed by atoms with Gasteiger partial charge >= 0.3 is 0 Å². The third-order valence-corrected chi connectivity index (χ3v) is 5.39. The molecule has 0 aliphatic carbocycles. The van der Waals surface area contributed by atoms with Crippen LogP contribution >= 0.6 is 11.3 Å². The van der Waals surface area contributed by atoms with E-state index in [0.29, 0.717) is 5.69 Å². The normalized spacial score (nSPS) is 12.3. The molecule has 4 aromatic rings. The number of aryl methyl sites for hydroxylation is 2. The molecule has 0 saturated carbocycles. The second kappa shape index (κ2) is 6.96. The molecule has 4 rings (SSSR count). The predicted molar refractivity (Wildman–Crippen MR) is 109 cm³/mol. The van der Waals surface area contributed by atoms with Crippen molar-refractivity contribution in [2.24, 2.45) is 0 Å². The highest BCUT2D eigenvalue weighted by Crippen LogP contribution is 2.27. The number of nitrogens with zero attached hydrogens (tertiary/aromatic N) is 2. The summed E-state index contributed by atoms with van der Waals surface area (Å²) in [6, 6.07) is 13.8. The molecule has 5 nitrogen and oxygen atoms in total. The number of hydrogen-bond donors (Lipinski definition) is 2. The van der Waals surface area contributed by atoms with Crippen molar-refractivity contribution in [1.82, 2.24) is 20.3 Å². The number of rotatable bonds is 4. The molecule has 0 spiro atoms. The second-order valence-corrected chi connectivity index (χ2v) is 7.55. The molecule has 0 aliphatic heterocycles. The van der Waals surface area contributed by atoms with Gasteiger partial charge in [0.2, 0.25) is 0 Å². The average molecular weight is 376 g/mol. The minimum atomic E-state index is -0.240. The zero-order valence-corrected chi connectivity index (χ0v) is 16.2. The number of aromatic nitrogens is 3. The molecular formula is C21H20N4OS. The lowest BCUT2D eigenvalue weighted by molar-refractivity contribution is 0.0934. The number of carbonyl (C=O) groups excluding carboxylic acids is 1. The van der Waals surface area contributed by atoms with Crippen LogP contribution < -0.4 is 5.32 Å². The molecule has 0 fully saturated rings. The maximum Gasteiger partial charge on any atom is 0.271 e. The van der Waals surface area contributed by atoms with E-state index < -0.39 is 0 Å². The van der Waals surface area contributed by atoms with Crippen LogP contribution in [0.5, 0.6) is 0 Å². The third kappa shape index (κ3) is 3.48. The quantitative estimate of drug-likeness (QED) is 0.538. The van der Waals surface area contributed by atoms with Crippen LogP contribution in [0.25, 0.3) is 21.6 Å². The Labute approximate surface area is 161 Å². The standard InChI is InChI=1S/C21H20N4OS/c1-12-8-9-15(13(2)10-12)21-25-18(11-27-21)20(26)22-14(3)19-23-16-6-4-5-7-17(16)24-19/h4-11,14H,1-3H3,(H,22,26)(H,23,24). The van der Waals surface area contributed by atoms with Gasteiger partial charge in [0.1, 0.15) is 16.5 Å². The molecule has 2 aromatic carbocycles. The van der Waals surface area contributed by atoms with Crippen LogP contribution in [0, 0.1) is 13.8 Å². The van der Waals surface area contributed by atoms with Gasteiger partial charge in [-0.2, -0.15) is 0 Å². The molecule has 0 aliphatic rings. The van der Waals surface area contributed by atoms with Gasteiger partial charge < -0.3 is 10.3 Å². The van der Waals surface area contributed by atoms with E-state index in [9.17, 15) is 4.79 Å². The summed E-state index contributed by atoms with van der Waals surface area (Å²) in [6.07, 6.45) is 0. The Bertz CT molecular complexity index is 1100. The van der Waals surface area contributed by atoms with Crippen molar-refractivity contribution >= 4 is 28.3 Å². The van der Waals surface area contributed by atoms with Crippen LogP contribution in [-0.4, -0.2) is 20.9 Å². The predicted octanol–water partition coefficient (Wildman–Crippen LogP) is 4.79. The summed E-state index contributed by atoms with van der Waals surface area (Å²) in [5, 5.41) is 5.63. The van der Waals surface area contributed by atoms with E-state index in [-0.39, 0.29) is 11.9 Å². The van der Waals surface area contributed by atoms with Gasteiger partial charge in [0.15, 0.2) is 0 Å². The summed E-state index contributed by atoms with van der Waals surface area (Å²) in [6.45, 7) is 6.04. The lowest BCUT2D eigenvalue weighted by Crippen LogP contribution is -2.27. The topological polar surface area (TPSA) is 70.7 Å². The van der Waals surface area contributed by atoms with E-state index in [2.05, 4.69) is 52.3 Å². The number of benzene rings is 2. The Balaban J connectivity index is 1.52. The number of fused-ring (bicyclic) bond motifs is 1. The Hall–Kier alpha value is -2.99. The van der Waals surface area contributed by atoms with Crippen LogP contribution in [0.15, 0.2) is 47.8 Å².